The SMILES string of the molecule is CC(C)N[C@@H](CO)C(C)(C)C. The molecule has 0 aromatic carbocycles. The summed E-state index contributed by atoms with van der Waals surface area (Å²) in [4.78, 5) is 0. The van der Waals surface area contributed by atoms with Crippen LogP contribution in [0.15, 0.2) is 0 Å². The Balaban J connectivity index is 3.96. The Morgan fingerprint density at radius 3 is 1.82 bits per heavy atom. The molecule has 2 N–H and O–H groups in total. The molecule has 0 spiro atoms. The van der Waals surface area contributed by atoms with Gasteiger partial charge in [0.1, 0.15) is 0 Å². The molecule has 0 aliphatic heterocycles. The molecule has 0 bridgehead atoms. The van der Waals surface area contributed by atoms with E-state index in [1.807, 2.05) is 0 Å². The molecule has 0 aromatic heterocycles. The first kappa shape index (κ1) is 10.9. The monoisotopic (exact) mass is 159 g/mol. The van der Waals surface area contributed by atoms with E-state index in [0.29, 0.717) is 6.04 Å². The number of nitrogens with one attached hydrogen (secondary N) is 1. The van der Waals surface area contributed by atoms with E-state index in [-0.39, 0.29) is 18.1 Å². The predicted molar refractivity (Wildman–Crippen MR) is 48.6 cm³/mol. The van der Waals surface area contributed by atoms with E-state index in [0.717, 1.165) is 0 Å². The minimum absolute atomic E-state index is 0.138. The maximum Gasteiger partial charge on any atom is 0.0589 e. The number of rotatable bonds is 3. The molecule has 0 aromatic rings. The second-order valence-corrected chi connectivity index (χ2v) is 4.42. The third-order valence-corrected chi connectivity index (χ3v) is 1.76. The van der Waals surface area contributed by atoms with Crippen LogP contribution in [0, 0.1) is 5.41 Å². The maximum absolute atomic E-state index is 9.05. The van der Waals surface area contributed by atoms with E-state index in [9.17, 15) is 0 Å². The van der Waals surface area contributed by atoms with Gasteiger partial charge in [0.2, 0.25) is 0 Å². The Morgan fingerprint density at radius 1 is 1.27 bits per heavy atom. The van der Waals surface area contributed by atoms with E-state index in [1.165, 1.54) is 0 Å². The van der Waals surface area contributed by atoms with E-state index in [1.54, 1.807) is 0 Å². The lowest BCUT2D eigenvalue weighted by Gasteiger charge is -2.31. The molecule has 1 atom stereocenters. The van der Waals surface area contributed by atoms with Crippen molar-refractivity contribution in [3.05, 3.63) is 0 Å². The summed E-state index contributed by atoms with van der Waals surface area (Å²) in [7, 11) is 0. The van der Waals surface area contributed by atoms with Gasteiger partial charge in [0.05, 0.1) is 6.61 Å². The molecule has 0 radical (unpaired) electrons. The fourth-order valence-electron chi connectivity index (χ4n) is 0.979. The van der Waals surface area contributed by atoms with Crippen molar-refractivity contribution in [2.75, 3.05) is 6.61 Å². The van der Waals surface area contributed by atoms with Crippen LogP contribution in [0.25, 0.3) is 0 Å². The second kappa shape index (κ2) is 4.07. The van der Waals surface area contributed by atoms with Crippen molar-refractivity contribution in [3.63, 3.8) is 0 Å². The highest BCUT2D eigenvalue weighted by Gasteiger charge is 2.23. The van der Waals surface area contributed by atoms with E-state index in [4.69, 9.17) is 5.11 Å². The number of aliphatic hydroxyl groups is 1. The molecule has 0 aliphatic carbocycles. The van der Waals surface area contributed by atoms with Gasteiger partial charge in [-0.3, -0.25) is 0 Å². The highest BCUT2D eigenvalue weighted by molar-refractivity contribution is 4.80. The summed E-state index contributed by atoms with van der Waals surface area (Å²) >= 11 is 0. The molecule has 2 heteroatoms. The van der Waals surface area contributed by atoms with Gasteiger partial charge in [-0.15, -0.1) is 0 Å². The largest absolute Gasteiger partial charge is 0.395 e. The molecule has 11 heavy (non-hydrogen) atoms. The third kappa shape index (κ3) is 4.38. The first-order valence-corrected chi connectivity index (χ1v) is 4.25. The van der Waals surface area contributed by atoms with Crippen LogP contribution in [-0.2, 0) is 0 Å². The van der Waals surface area contributed by atoms with Crippen molar-refractivity contribution in [2.24, 2.45) is 5.41 Å². The molecule has 0 unspecified atom stereocenters. The summed E-state index contributed by atoms with van der Waals surface area (Å²) in [6, 6.07) is 0.633. The standard InChI is InChI=1S/C9H21NO/c1-7(2)10-8(6-11)9(3,4)5/h7-8,10-11H,6H2,1-5H3/t8-/m0/s1. The van der Waals surface area contributed by atoms with Crippen LogP contribution in [0.3, 0.4) is 0 Å². The quantitative estimate of drug-likeness (QED) is 0.652. The first-order valence-electron chi connectivity index (χ1n) is 4.25. The summed E-state index contributed by atoms with van der Waals surface area (Å²) in [5, 5.41) is 12.4. The molecule has 2 nitrogen and oxygen atoms in total. The molecule has 0 amide bonds. The van der Waals surface area contributed by atoms with Gasteiger partial charge in [0.25, 0.3) is 0 Å². The van der Waals surface area contributed by atoms with Gasteiger partial charge in [-0.2, -0.15) is 0 Å². The Bertz CT molecular complexity index is 105. The van der Waals surface area contributed by atoms with Crippen molar-refractivity contribution in [2.45, 2.75) is 46.7 Å². The second-order valence-electron chi connectivity index (χ2n) is 4.42. The smallest absolute Gasteiger partial charge is 0.0589 e. The van der Waals surface area contributed by atoms with Crippen molar-refractivity contribution >= 4 is 0 Å². The van der Waals surface area contributed by atoms with Crippen LogP contribution in [0.1, 0.15) is 34.6 Å². The molecule has 0 fully saturated rings. The van der Waals surface area contributed by atoms with Crippen LogP contribution >= 0.6 is 0 Å². The zero-order valence-corrected chi connectivity index (χ0v) is 8.31. The average molecular weight is 159 g/mol. The minimum Gasteiger partial charge on any atom is -0.395 e. The highest BCUT2D eigenvalue weighted by atomic mass is 16.3. The van der Waals surface area contributed by atoms with Crippen LogP contribution < -0.4 is 5.32 Å². The van der Waals surface area contributed by atoms with Crippen molar-refractivity contribution in [3.8, 4) is 0 Å². The van der Waals surface area contributed by atoms with Gasteiger partial charge in [0.15, 0.2) is 0 Å². The fourth-order valence-corrected chi connectivity index (χ4v) is 0.979. The molecule has 0 heterocycles. The lowest BCUT2D eigenvalue weighted by Crippen LogP contribution is -2.46. The number of hydrogen-bond acceptors (Lipinski definition) is 2. The topological polar surface area (TPSA) is 32.3 Å². The molecule has 0 saturated heterocycles. The summed E-state index contributed by atoms with van der Waals surface area (Å²) in [5.74, 6) is 0. The fraction of sp³-hybridized carbons (Fsp3) is 1.00. The molecule has 68 valence electrons. The van der Waals surface area contributed by atoms with Crippen molar-refractivity contribution < 1.29 is 5.11 Å². The molecule has 0 saturated carbocycles. The summed E-state index contributed by atoms with van der Waals surface area (Å²) < 4.78 is 0. The Kier molecular flexibility index (Phi) is 4.04. The van der Waals surface area contributed by atoms with Gasteiger partial charge in [0, 0.05) is 12.1 Å². The zero-order chi connectivity index (χ0) is 9.07. The van der Waals surface area contributed by atoms with E-state index in [2.05, 4.69) is 39.9 Å². The normalized spacial score (nSPS) is 15.5. The van der Waals surface area contributed by atoms with Gasteiger partial charge in [-0.25, -0.2) is 0 Å². The van der Waals surface area contributed by atoms with Crippen LogP contribution in [-0.4, -0.2) is 23.8 Å². The summed E-state index contributed by atoms with van der Waals surface area (Å²) in [6.45, 7) is 10.8. The van der Waals surface area contributed by atoms with Gasteiger partial charge < -0.3 is 10.4 Å². The van der Waals surface area contributed by atoms with E-state index >= 15 is 0 Å². The molecular weight excluding hydrogens is 138 g/mol. The lowest BCUT2D eigenvalue weighted by molar-refractivity contribution is 0.152. The first-order chi connectivity index (χ1) is 4.88. The Labute approximate surface area is 70.0 Å². The highest BCUT2D eigenvalue weighted by Crippen LogP contribution is 2.18. The van der Waals surface area contributed by atoms with Gasteiger partial charge in [-0.05, 0) is 5.41 Å². The molecule has 0 aliphatic rings. The molecule has 0 rings (SSSR count). The average Bonchev–Trinajstić information content (AvgIpc) is 1.79. The van der Waals surface area contributed by atoms with Crippen LogP contribution in [0.2, 0.25) is 0 Å². The Hall–Kier alpha value is -0.0800. The van der Waals surface area contributed by atoms with Crippen molar-refractivity contribution in [1.82, 2.24) is 5.32 Å². The van der Waals surface area contributed by atoms with Gasteiger partial charge in [-0.1, -0.05) is 34.6 Å². The summed E-state index contributed by atoms with van der Waals surface area (Å²) in [6.07, 6.45) is 0. The molecular formula is C9H21NO. The number of hydrogen-bond donors (Lipinski definition) is 2. The lowest BCUT2D eigenvalue weighted by atomic mass is 9.87. The zero-order valence-electron chi connectivity index (χ0n) is 8.31. The van der Waals surface area contributed by atoms with Crippen molar-refractivity contribution in [1.29, 1.82) is 0 Å². The maximum atomic E-state index is 9.05. The van der Waals surface area contributed by atoms with Gasteiger partial charge >= 0.3 is 0 Å². The summed E-state index contributed by atoms with van der Waals surface area (Å²) in [5.41, 5.74) is 0.138. The Morgan fingerprint density at radius 2 is 1.73 bits per heavy atom. The minimum atomic E-state index is 0.138. The predicted octanol–water partition coefficient (Wildman–Crippen LogP) is 1.39. The van der Waals surface area contributed by atoms with Crippen LogP contribution in [0.5, 0.6) is 0 Å². The van der Waals surface area contributed by atoms with Crippen LogP contribution in [0.4, 0.5) is 0 Å². The number of aliphatic hydroxyl groups excluding tert-OH is 1. The third-order valence-electron chi connectivity index (χ3n) is 1.76. The van der Waals surface area contributed by atoms with E-state index < -0.39 is 0 Å².